The third-order valence-electron chi connectivity index (χ3n) is 6.62. The maximum atomic E-state index is 14.4. The fourth-order valence-electron chi connectivity index (χ4n) is 4.70. The lowest BCUT2D eigenvalue weighted by molar-refractivity contribution is 0.0668. The molecule has 1 saturated heterocycles. The minimum absolute atomic E-state index is 0.0607. The number of fused-ring (bicyclic) bond motifs is 1. The van der Waals surface area contributed by atoms with Gasteiger partial charge >= 0.3 is 0 Å². The largest absolute Gasteiger partial charge is 0.508 e. The maximum absolute atomic E-state index is 14.4. The lowest BCUT2D eigenvalue weighted by atomic mass is 9.86. The van der Waals surface area contributed by atoms with Crippen LogP contribution in [-0.4, -0.2) is 42.9 Å². The van der Waals surface area contributed by atoms with Crippen LogP contribution in [0.2, 0.25) is 5.02 Å². The zero-order chi connectivity index (χ0) is 24.5. The van der Waals surface area contributed by atoms with Gasteiger partial charge in [-0.25, -0.2) is 4.39 Å². The number of hydrogen-bond donors (Lipinski definition) is 1. The van der Waals surface area contributed by atoms with E-state index in [1.165, 1.54) is 6.07 Å². The Kier molecular flexibility index (Phi) is 6.67. The molecule has 2 aliphatic rings. The van der Waals surface area contributed by atoms with E-state index in [2.05, 4.69) is 4.90 Å². The Bertz CT molecular complexity index is 1260. The summed E-state index contributed by atoms with van der Waals surface area (Å²) in [4.78, 5) is 2.17. The summed E-state index contributed by atoms with van der Waals surface area (Å²) in [6, 6.07) is 17.4. The third-order valence-corrected chi connectivity index (χ3v) is 6.93. The number of aromatic hydroxyl groups is 1. The van der Waals surface area contributed by atoms with Gasteiger partial charge in [0.05, 0.1) is 11.7 Å². The third kappa shape index (κ3) is 4.86. The molecule has 0 amide bonds. The fourth-order valence-corrected chi connectivity index (χ4v) is 4.82. The SMILES string of the molecule is CC1=C(c2ccc(Cl)c(F)c2)C(c2ccc(OCCN3CC(CF)C3)cc2)Oc2cc(O)ccc21. The highest BCUT2D eigenvalue weighted by atomic mass is 35.5. The molecule has 1 N–H and O–H groups in total. The molecule has 182 valence electrons. The number of allylic oxidation sites excluding steroid dienone is 1. The molecule has 3 aromatic rings. The van der Waals surface area contributed by atoms with Crippen molar-refractivity contribution in [3.63, 3.8) is 0 Å². The lowest BCUT2D eigenvalue weighted by Gasteiger charge is -2.37. The summed E-state index contributed by atoms with van der Waals surface area (Å²) in [5.41, 5.74) is 4.14. The van der Waals surface area contributed by atoms with Crippen LogP contribution in [0.3, 0.4) is 0 Å². The highest BCUT2D eigenvalue weighted by Crippen LogP contribution is 2.47. The Labute approximate surface area is 208 Å². The Morgan fingerprint density at radius 2 is 1.86 bits per heavy atom. The Morgan fingerprint density at radius 3 is 2.57 bits per heavy atom. The molecule has 0 radical (unpaired) electrons. The first-order valence-electron chi connectivity index (χ1n) is 11.6. The van der Waals surface area contributed by atoms with Gasteiger partial charge in [0.25, 0.3) is 0 Å². The van der Waals surface area contributed by atoms with Crippen molar-refractivity contribution in [3.8, 4) is 17.2 Å². The van der Waals surface area contributed by atoms with Gasteiger partial charge in [-0.1, -0.05) is 29.8 Å². The van der Waals surface area contributed by atoms with Crippen LogP contribution in [0.5, 0.6) is 17.2 Å². The smallest absolute Gasteiger partial charge is 0.150 e. The van der Waals surface area contributed by atoms with Crippen molar-refractivity contribution < 1.29 is 23.4 Å². The number of benzene rings is 3. The molecule has 0 spiro atoms. The standard InChI is InChI=1S/C28H26ClF2NO3/c1-17-23-8-5-21(33)13-26(23)35-28(27(17)20-4-9-24(29)25(31)12-20)19-2-6-22(7-3-19)34-11-10-32-15-18(14-30)16-32/h2-9,12-13,18,28,33H,10-11,14-16H2,1H3. The van der Waals surface area contributed by atoms with Crippen molar-refractivity contribution in [1.29, 1.82) is 0 Å². The number of rotatable bonds is 7. The molecule has 5 rings (SSSR count). The van der Waals surface area contributed by atoms with E-state index < -0.39 is 11.9 Å². The molecule has 0 saturated carbocycles. The number of likely N-dealkylation sites (tertiary alicyclic amines) is 1. The molecule has 2 aliphatic heterocycles. The summed E-state index contributed by atoms with van der Waals surface area (Å²) in [5, 5.41) is 10.1. The molecule has 0 bridgehead atoms. The number of phenols is 1. The average molecular weight is 498 g/mol. The van der Waals surface area contributed by atoms with Gasteiger partial charge < -0.3 is 14.6 Å². The van der Waals surface area contributed by atoms with Crippen LogP contribution in [0, 0.1) is 11.7 Å². The van der Waals surface area contributed by atoms with E-state index in [1.807, 2.05) is 31.2 Å². The molecular formula is C28H26ClF2NO3. The first-order chi connectivity index (χ1) is 16.9. The molecule has 7 heteroatoms. The molecule has 3 aromatic carbocycles. The van der Waals surface area contributed by atoms with Gasteiger partial charge in [-0.3, -0.25) is 9.29 Å². The number of hydrogen-bond acceptors (Lipinski definition) is 4. The van der Waals surface area contributed by atoms with Crippen LogP contribution in [0.1, 0.15) is 29.7 Å². The summed E-state index contributed by atoms with van der Waals surface area (Å²) in [6.07, 6.45) is -0.516. The van der Waals surface area contributed by atoms with Gasteiger partial charge in [0.1, 0.15) is 35.8 Å². The topological polar surface area (TPSA) is 41.9 Å². The molecule has 0 aliphatic carbocycles. The van der Waals surface area contributed by atoms with Crippen LogP contribution >= 0.6 is 11.6 Å². The van der Waals surface area contributed by atoms with Gasteiger partial charge in [-0.15, -0.1) is 0 Å². The van der Waals surface area contributed by atoms with Crippen molar-refractivity contribution in [2.24, 2.45) is 5.92 Å². The van der Waals surface area contributed by atoms with E-state index >= 15 is 0 Å². The Balaban J connectivity index is 1.40. The Hall–Kier alpha value is -3.09. The van der Waals surface area contributed by atoms with E-state index in [1.54, 1.807) is 30.3 Å². The van der Waals surface area contributed by atoms with Crippen LogP contribution in [0.15, 0.2) is 60.7 Å². The first-order valence-corrected chi connectivity index (χ1v) is 12.0. The summed E-state index contributed by atoms with van der Waals surface area (Å²) < 4.78 is 39.2. The van der Waals surface area contributed by atoms with E-state index in [4.69, 9.17) is 21.1 Å². The summed E-state index contributed by atoms with van der Waals surface area (Å²) in [6.45, 7) is 4.57. The van der Waals surface area contributed by atoms with Gasteiger partial charge in [-0.2, -0.15) is 0 Å². The number of phenolic OH excluding ortho intramolecular Hbond substituents is 1. The quantitative estimate of drug-likeness (QED) is 0.403. The normalized spacial score (nSPS) is 18.1. The van der Waals surface area contributed by atoms with Crippen molar-refractivity contribution in [1.82, 2.24) is 4.90 Å². The predicted molar refractivity (Wildman–Crippen MR) is 133 cm³/mol. The molecule has 4 nitrogen and oxygen atoms in total. The van der Waals surface area contributed by atoms with Crippen LogP contribution in [0.25, 0.3) is 11.1 Å². The lowest BCUT2D eigenvalue weighted by Crippen LogP contribution is -2.49. The minimum atomic E-state index is -0.516. The number of halogens is 3. The highest BCUT2D eigenvalue weighted by molar-refractivity contribution is 6.30. The Morgan fingerprint density at radius 1 is 1.09 bits per heavy atom. The summed E-state index contributed by atoms with van der Waals surface area (Å²) in [7, 11) is 0. The van der Waals surface area contributed by atoms with E-state index in [0.717, 1.165) is 47.7 Å². The fraction of sp³-hybridized carbons (Fsp3) is 0.286. The summed E-state index contributed by atoms with van der Waals surface area (Å²) >= 11 is 5.93. The predicted octanol–water partition coefficient (Wildman–Crippen LogP) is 6.53. The van der Waals surface area contributed by atoms with E-state index in [0.29, 0.717) is 17.9 Å². The van der Waals surface area contributed by atoms with Gasteiger partial charge in [-0.05, 0) is 60.0 Å². The molecule has 0 aromatic heterocycles. The number of nitrogens with zero attached hydrogens (tertiary/aromatic N) is 1. The minimum Gasteiger partial charge on any atom is -0.508 e. The second-order valence-corrected chi connectivity index (χ2v) is 9.45. The van der Waals surface area contributed by atoms with E-state index in [-0.39, 0.29) is 23.4 Å². The average Bonchev–Trinajstić information content (AvgIpc) is 2.82. The molecule has 2 heterocycles. The molecular weight excluding hydrogens is 472 g/mol. The zero-order valence-corrected chi connectivity index (χ0v) is 20.1. The van der Waals surface area contributed by atoms with Gasteiger partial charge in [0.2, 0.25) is 0 Å². The highest BCUT2D eigenvalue weighted by Gasteiger charge is 2.30. The number of alkyl halides is 1. The second kappa shape index (κ2) is 9.88. The molecule has 1 fully saturated rings. The van der Waals surface area contributed by atoms with Crippen molar-refractivity contribution in [2.45, 2.75) is 13.0 Å². The monoisotopic (exact) mass is 497 g/mol. The maximum Gasteiger partial charge on any atom is 0.150 e. The van der Waals surface area contributed by atoms with E-state index in [9.17, 15) is 13.9 Å². The molecule has 35 heavy (non-hydrogen) atoms. The first kappa shape index (κ1) is 23.6. The van der Waals surface area contributed by atoms with Crippen molar-refractivity contribution in [3.05, 3.63) is 88.2 Å². The van der Waals surface area contributed by atoms with Crippen LogP contribution in [0.4, 0.5) is 8.78 Å². The zero-order valence-electron chi connectivity index (χ0n) is 19.3. The van der Waals surface area contributed by atoms with Gasteiger partial charge in [0.15, 0.2) is 0 Å². The number of ether oxygens (including phenoxy) is 2. The van der Waals surface area contributed by atoms with Gasteiger partial charge in [0, 0.05) is 42.8 Å². The van der Waals surface area contributed by atoms with Crippen LogP contribution < -0.4 is 9.47 Å². The second-order valence-electron chi connectivity index (χ2n) is 9.04. The van der Waals surface area contributed by atoms with Crippen molar-refractivity contribution in [2.75, 3.05) is 32.9 Å². The summed E-state index contributed by atoms with van der Waals surface area (Å²) in [5.74, 6) is 1.07. The van der Waals surface area contributed by atoms with Crippen LogP contribution in [-0.2, 0) is 0 Å². The molecule has 1 atom stereocenters. The molecule has 1 unspecified atom stereocenters. The van der Waals surface area contributed by atoms with Crippen molar-refractivity contribution >= 4 is 22.7 Å².